The Labute approximate surface area is 212 Å². The first-order valence-electron chi connectivity index (χ1n) is 11.3. The van der Waals surface area contributed by atoms with Gasteiger partial charge in [-0.1, -0.05) is 45.8 Å². The van der Waals surface area contributed by atoms with E-state index < -0.39 is 17.7 Å². The van der Waals surface area contributed by atoms with E-state index in [1.54, 1.807) is 20.1 Å². The molecule has 0 unspecified atom stereocenters. The lowest BCUT2D eigenvalue weighted by molar-refractivity contribution is -0.131. The Morgan fingerprint density at radius 2 is 1.89 bits per heavy atom. The Morgan fingerprint density at radius 1 is 1.14 bits per heavy atom. The van der Waals surface area contributed by atoms with Crippen LogP contribution in [0.1, 0.15) is 29.7 Å². The zero-order chi connectivity index (χ0) is 24.9. The Balaban J connectivity index is 1.64. The number of hydrogen-bond acceptors (Lipinski definition) is 4. The fraction of sp³-hybridized carbons (Fsp3) is 0.259. The van der Waals surface area contributed by atoms with E-state index in [0.717, 1.165) is 21.3 Å². The van der Waals surface area contributed by atoms with Crippen LogP contribution >= 0.6 is 15.9 Å². The van der Waals surface area contributed by atoms with Gasteiger partial charge in [-0.3, -0.25) is 9.69 Å². The molecule has 180 valence electrons. The Kier molecular flexibility index (Phi) is 5.71. The van der Waals surface area contributed by atoms with Gasteiger partial charge in [-0.15, -0.1) is 0 Å². The largest absolute Gasteiger partial charge is 0.493 e. The molecule has 0 aliphatic carbocycles. The molecule has 7 nitrogen and oxygen atoms in total. The summed E-state index contributed by atoms with van der Waals surface area (Å²) in [6.45, 7) is 5.75. The van der Waals surface area contributed by atoms with Crippen molar-refractivity contribution in [2.45, 2.75) is 32.5 Å². The molecule has 2 heterocycles. The van der Waals surface area contributed by atoms with E-state index in [2.05, 4.69) is 26.6 Å². The number of hydrogen-bond donors (Lipinski definition) is 2. The summed E-state index contributed by atoms with van der Waals surface area (Å²) in [6.07, 6.45) is 0. The zero-order valence-corrected chi connectivity index (χ0v) is 21.5. The second-order valence-electron chi connectivity index (χ2n) is 9.06. The molecule has 2 aliphatic heterocycles. The van der Waals surface area contributed by atoms with Crippen molar-refractivity contribution in [2.75, 3.05) is 17.3 Å². The summed E-state index contributed by atoms with van der Waals surface area (Å²) in [7, 11) is 1.57. The number of urea groups is 1. The van der Waals surface area contributed by atoms with Crippen molar-refractivity contribution in [1.29, 1.82) is 0 Å². The SMILES string of the molecule is COc1cccc2c1O[C@]1(C)[C@@H](C(=O)Nc3ccc(C)cc3C)[C@@H]2NC(=O)N1c1ccc(Br)cc1. The first-order chi connectivity index (χ1) is 16.7. The van der Waals surface area contributed by atoms with Crippen LogP contribution in [0, 0.1) is 19.8 Å². The van der Waals surface area contributed by atoms with Crippen LogP contribution in [-0.4, -0.2) is 24.8 Å². The monoisotopic (exact) mass is 535 g/mol. The number of amides is 3. The number of halogens is 1. The maximum Gasteiger partial charge on any atom is 0.325 e. The third-order valence-electron chi connectivity index (χ3n) is 6.72. The zero-order valence-electron chi connectivity index (χ0n) is 19.9. The second-order valence-corrected chi connectivity index (χ2v) is 9.98. The van der Waals surface area contributed by atoms with E-state index in [1.165, 1.54) is 4.90 Å². The van der Waals surface area contributed by atoms with Crippen molar-refractivity contribution < 1.29 is 19.1 Å². The molecule has 1 fully saturated rings. The van der Waals surface area contributed by atoms with Gasteiger partial charge in [-0.2, -0.15) is 0 Å². The number of carbonyl (C=O) groups excluding carboxylic acids is 2. The first-order valence-corrected chi connectivity index (χ1v) is 12.1. The Morgan fingerprint density at radius 3 is 2.57 bits per heavy atom. The predicted molar refractivity (Wildman–Crippen MR) is 138 cm³/mol. The number of fused-ring (bicyclic) bond motifs is 4. The molecule has 0 saturated carbocycles. The van der Waals surface area contributed by atoms with Crippen LogP contribution in [0.5, 0.6) is 11.5 Å². The molecule has 3 atom stereocenters. The van der Waals surface area contributed by atoms with E-state index in [9.17, 15) is 9.59 Å². The minimum Gasteiger partial charge on any atom is -0.493 e. The Hall–Kier alpha value is -3.52. The quantitative estimate of drug-likeness (QED) is 0.448. The molecule has 0 radical (unpaired) electrons. The summed E-state index contributed by atoms with van der Waals surface area (Å²) in [5.74, 6) is 0.0447. The third kappa shape index (κ3) is 3.82. The van der Waals surface area contributed by atoms with Crippen molar-refractivity contribution in [2.24, 2.45) is 5.92 Å². The number of nitrogens with zero attached hydrogens (tertiary/aromatic N) is 1. The highest BCUT2D eigenvalue weighted by atomic mass is 79.9. The highest BCUT2D eigenvalue weighted by molar-refractivity contribution is 9.10. The van der Waals surface area contributed by atoms with Gasteiger partial charge in [0.2, 0.25) is 11.6 Å². The minimum atomic E-state index is -1.33. The van der Waals surface area contributed by atoms with Crippen LogP contribution < -0.4 is 25.0 Å². The molecular formula is C27H26BrN3O4. The van der Waals surface area contributed by atoms with Crippen LogP contribution in [0.4, 0.5) is 16.2 Å². The Bertz CT molecular complexity index is 1330. The van der Waals surface area contributed by atoms with E-state index >= 15 is 0 Å². The van der Waals surface area contributed by atoms with Crippen molar-refractivity contribution in [3.05, 3.63) is 81.8 Å². The molecule has 5 rings (SSSR count). The van der Waals surface area contributed by atoms with Crippen LogP contribution in [0.15, 0.2) is 65.1 Å². The normalized spacial score (nSPS) is 22.5. The van der Waals surface area contributed by atoms with Gasteiger partial charge in [-0.05, 0) is 62.7 Å². The van der Waals surface area contributed by atoms with E-state index in [4.69, 9.17) is 9.47 Å². The average molecular weight is 536 g/mol. The number of methoxy groups -OCH3 is 1. The third-order valence-corrected chi connectivity index (χ3v) is 7.25. The van der Waals surface area contributed by atoms with Crippen molar-refractivity contribution in [3.8, 4) is 11.5 Å². The number of nitrogens with one attached hydrogen (secondary N) is 2. The predicted octanol–water partition coefficient (Wildman–Crippen LogP) is 5.71. The summed E-state index contributed by atoms with van der Waals surface area (Å²) in [4.78, 5) is 28.9. The van der Waals surface area contributed by atoms with Gasteiger partial charge in [0, 0.05) is 21.4 Å². The summed E-state index contributed by atoms with van der Waals surface area (Å²) < 4.78 is 13.0. The maximum absolute atomic E-state index is 13.9. The summed E-state index contributed by atoms with van der Waals surface area (Å²) in [5.41, 5.74) is 2.77. The molecule has 3 aromatic rings. The van der Waals surface area contributed by atoms with Crippen LogP contribution in [0.3, 0.4) is 0 Å². The molecule has 35 heavy (non-hydrogen) atoms. The van der Waals surface area contributed by atoms with Crippen LogP contribution in [0.25, 0.3) is 0 Å². The number of ether oxygens (including phenoxy) is 2. The molecule has 2 N–H and O–H groups in total. The number of aryl methyl sites for hydroxylation is 2. The maximum atomic E-state index is 13.9. The van der Waals surface area contributed by atoms with E-state index in [0.29, 0.717) is 22.7 Å². The highest BCUT2D eigenvalue weighted by Gasteiger charge is 2.60. The van der Waals surface area contributed by atoms with E-state index in [1.807, 2.05) is 68.4 Å². The lowest BCUT2D eigenvalue weighted by Gasteiger charge is -2.54. The van der Waals surface area contributed by atoms with Gasteiger partial charge < -0.3 is 20.1 Å². The molecular weight excluding hydrogens is 510 g/mol. The van der Waals surface area contributed by atoms with Crippen molar-refractivity contribution in [1.82, 2.24) is 5.32 Å². The first kappa shape index (κ1) is 23.2. The van der Waals surface area contributed by atoms with Crippen molar-refractivity contribution in [3.63, 3.8) is 0 Å². The fourth-order valence-electron chi connectivity index (χ4n) is 5.07. The fourth-order valence-corrected chi connectivity index (χ4v) is 5.34. The molecule has 0 aromatic heterocycles. The van der Waals surface area contributed by atoms with Gasteiger partial charge in [0.15, 0.2) is 11.5 Å². The molecule has 2 bridgehead atoms. The number of carbonyl (C=O) groups is 2. The highest BCUT2D eigenvalue weighted by Crippen LogP contribution is 2.52. The average Bonchev–Trinajstić information content (AvgIpc) is 2.81. The summed E-state index contributed by atoms with van der Waals surface area (Å²) >= 11 is 3.44. The molecule has 8 heteroatoms. The number of benzene rings is 3. The minimum absolute atomic E-state index is 0.250. The molecule has 1 saturated heterocycles. The second kappa shape index (κ2) is 8.61. The topological polar surface area (TPSA) is 79.9 Å². The van der Waals surface area contributed by atoms with Gasteiger partial charge in [-0.25, -0.2) is 4.79 Å². The van der Waals surface area contributed by atoms with Crippen molar-refractivity contribution >= 4 is 39.2 Å². The molecule has 3 amide bonds. The summed E-state index contributed by atoms with van der Waals surface area (Å²) in [5, 5.41) is 6.14. The number of rotatable bonds is 4. The van der Waals surface area contributed by atoms with Gasteiger partial charge in [0.1, 0.15) is 5.92 Å². The van der Waals surface area contributed by atoms with Gasteiger partial charge in [0.05, 0.1) is 13.2 Å². The van der Waals surface area contributed by atoms with E-state index in [-0.39, 0.29) is 11.9 Å². The van der Waals surface area contributed by atoms with Gasteiger partial charge in [0.25, 0.3) is 0 Å². The van der Waals surface area contributed by atoms with Crippen LogP contribution in [0.2, 0.25) is 0 Å². The molecule has 3 aromatic carbocycles. The smallest absolute Gasteiger partial charge is 0.325 e. The lowest BCUT2D eigenvalue weighted by Crippen LogP contribution is -2.72. The number of para-hydroxylation sites is 1. The number of anilines is 2. The van der Waals surface area contributed by atoms with Crippen LogP contribution in [-0.2, 0) is 4.79 Å². The van der Waals surface area contributed by atoms with Gasteiger partial charge >= 0.3 is 6.03 Å². The standard InChI is InChI=1S/C27H26BrN3O4/c1-15-8-13-20(16(2)14-15)29-25(32)22-23-19-6-5-7-21(34-4)24(19)35-27(22,3)31(26(33)30-23)18-11-9-17(28)10-12-18/h5-14,22-23H,1-4H3,(H,29,32)(H,30,33)/t22-,23-,27-/m1/s1. The lowest BCUT2D eigenvalue weighted by atomic mass is 9.78. The molecule has 2 aliphatic rings. The summed E-state index contributed by atoms with van der Waals surface area (Å²) in [6, 6.07) is 17.7. The molecule has 0 spiro atoms.